The molecular weight excluding hydrogens is 1810 g/mol. The second-order valence-electron chi connectivity index (χ2n) is 38.7. The van der Waals surface area contributed by atoms with Crippen LogP contribution in [0.1, 0.15) is 73.7 Å². The highest BCUT2D eigenvalue weighted by Gasteiger charge is 2.28. The van der Waals surface area contributed by atoms with E-state index in [9.17, 15) is 24.0 Å². The van der Waals surface area contributed by atoms with E-state index in [1.807, 2.05) is 253 Å². The first kappa shape index (κ1) is 94.5. The SMILES string of the molecule is CCC1CN(c2ccc3cc(-c4cn5cc(C)nc(C)c5n4)c(=O)oc3c2)CCN1.Cc1cn2cc(-c3cc4ccc(N5CCCN(C)CC5)cc4oc3=O)cnc2n1.Cc1cn2cc(-c3cc4ccc(N5CCCNCC5)cc4oc3=O)ccc2n1.Cc1cn2cc(-c3cc4ccc(N5CCN[C@@H](C)C5)cc4oc3=O)ccc2n1.Cc1cn2cc(-c3cc4ccc(N5CC[C@H](N(C)C)C5)cc4oc3=O)cc2cn1. The molecule has 0 saturated carbocycles. The minimum Gasteiger partial charge on any atom is -0.422 e. The van der Waals surface area contributed by atoms with E-state index in [0.717, 1.165) is 259 Å². The Morgan fingerprint density at radius 3 is 1.38 bits per heavy atom. The molecule has 5 saturated heterocycles. The van der Waals surface area contributed by atoms with Gasteiger partial charge in [0.15, 0.2) is 5.65 Å². The van der Waals surface area contributed by atoms with Crippen molar-refractivity contribution in [2.45, 2.75) is 99.2 Å². The number of hydrogen-bond acceptors (Lipinski definition) is 27. The molecule has 15 aromatic heterocycles. The summed E-state index contributed by atoms with van der Waals surface area (Å²) >= 11 is 0. The molecule has 1 unspecified atom stereocenters. The van der Waals surface area contributed by atoms with Crippen molar-refractivity contribution in [3.8, 4) is 55.8 Å². The highest BCUT2D eigenvalue weighted by atomic mass is 16.4. The third kappa shape index (κ3) is 20.3. The van der Waals surface area contributed by atoms with Gasteiger partial charge in [0.1, 0.15) is 39.2 Å². The third-order valence-corrected chi connectivity index (χ3v) is 27.9. The van der Waals surface area contributed by atoms with Gasteiger partial charge in [-0.1, -0.05) is 6.92 Å². The molecule has 0 radical (unpaired) electrons. The van der Waals surface area contributed by atoms with Crippen LogP contribution in [0.4, 0.5) is 28.4 Å². The first-order valence-electron chi connectivity index (χ1n) is 49.5. The number of hydrogen-bond donors (Lipinski definition) is 3. The number of likely N-dealkylation sites (N-methyl/N-ethyl adjacent to an activating group) is 2. The van der Waals surface area contributed by atoms with Crippen LogP contribution in [0.5, 0.6) is 0 Å². The summed E-state index contributed by atoms with van der Waals surface area (Å²) in [6.45, 7) is 31.8. The lowest BCUT2D eigenvalue weighted by Crippen LogP contribution is -2.50. The fourth-order valence-corrected chi connectivity index (χ4v) is 20.2. The second kappa shape index (κ2) is 40.3. The van der Waals surface area contributed by atoms with E-state index in [0.29, 0.717) is 90.9 Å². The number of benzene rings is 5. The third-order valence-electron chi connectivity index (χ3n) is 27.9. The summed E-state index contributed by atoms with van der Waals surface area (Å²) in [5.41, 5.74) is 22.2. The summed E-state index contributed by atoms with van der Waals surface area (Å²) < 4.78 is 38.1. The molecule has 20 aromatic rings. The molecule has 32 nitrogen and oxygen atoms in total. The maximum Gasteiger partial charge on any atom is 0.345 e. The predicted molar refractivity (Wildman–Crippen MR) is 570 cm³/mol. The number of piperazine rings is 2. The molecule has 5 aliphatic heterocycles. The Kier molecular flexibility index (Phi) is 26.5. The summed E-state index contributed by atoms with van der Waals surface area (Å²) in [5, 5.41) is 14.9. The van der Waals surface area contributed by atoms with Crippen LogP contribution >= 0.6 is 0 Å². The van der Waals surface area contributed by atoms with Crippen LogP contribution in [0, 0.1) is 41.5 Å². The van der Waals surface area contributed by atoms with Crippen LogP contribution in [0.3, 0.4) is 0 Å². The van der Waals surface area contributed by atoms with E-state index in [2.05, 4.69) is 150 Å². The Hall–Kier alpha value is -15.7. The molecule has 3 atom stereocenters. The van der Waals surface area contributed by atoms with Gasteiger partial charge in [-0.3, -0.25) is 14.4 Å². The monoisotopic (exact) mass is 1930 g/mol. The fraction of sp³-hybridized carbons (Fsp3) is 0.304. The van der Waals surface area contributed by atoms with Gasteiger partial charge < -0.3 is 89.9 Å². The molecule has 734 valence electrons. The molecule has 5 fully saturated rings. The lowest BCUT2D eigenvalue weighted by molar-refractivity contribution is 0.315. The summed E-state index contributed by atoms with van der Waals surface area (Å²) in [5.74, 6) is 0.615. The zero-order valence-electron chi connectivity index (χ0n) is 82.8. The quantitative estimate of drug-likeness (QED) is 0.0957. The van der Waals surface area contributed by atoms with Gasteiger partial charge in [-0.15, -0.1) is 0 Å². The largest absolute Gasteiger partial charge is 0.422 e. The number of pyridine rings is 2. The van der Waals surface area contributed by atoms with Crippen LogP contribution in [0.15, 0.2) is 272 Å². The molecule has 144 heavy (non-hydrogen) atoms. The number of nitrogens with one attached hydrogen (secondary N) is 3. The van der Waals surface area contributed by atoms with Gasteiger partial charge in [0, 0.05) is 286 Å². The van der Waals surface area contributed by atoms with Gasteiger partial charge in [0.05, 0.1) is 79.4 Å². The van der Waals surface area contributed by atoms with Crippen LogP contribution in [0.25, 0.3) is 139 Å². The van der Waals surface area contributed by atoms with Crippen molar-refractivity contribution in [1.82, 2.24) is 82.6 Å². The van der Waals surface area contributed by atoms with Crippen LogP contribution in [-0.4, -0.2) is 211 Å². The number of rotatable bonds is 12. The Bertz CT molecular complexity index is 8410. The van der Waals surface area contributed by atoms with Crippen molar-refractivity contribution in [2.75, 3.05) is 150 Å². The summed E-state index contributed by atoms with van der Waals surface area (Å²) in [6.07, 6.45) is 27.1. The normalized spacial score (nSPS) is 16.6. The lowest BCUT2D eigenvalue weighted by atomic mass is 10.1. The van der Waals surface area contributed by atoms with Crippen molar-refractivity contribution in [3.05, 3.63) is 312 Å². The summed E-state index contributed by atoms with van der Waals surface area (Å²) in [4.78, 5) is 111. The van der Waals surface area contributed by atoms with E-state index in [1.54, 1.807) is 6.20 Å². The molecule has 25 rings (SSSR count). The van der Waals surface area contributed by atoms with Crippen molar-refractivity contribution < 1.29 is 22.1 Å². The number of nitrogens with zero attached hydrogens (tertiary/aromatic N) is 19. The molecule has 32 heteroatoms. The Labute approximate surface area is 829 Å². The van der Waals surface area contributed by atoms with Crippen molar-refractivity contribution >= 4 is 112 Å². The standard InChI is InChI=1S/C23H25N5O2.C23H24N4O2.C22H23N5O2.2C22H22N4O2/c1-4-17-12-27(8-7-24-17)18-6-5-16-9-19(23(29)30-21(16)10-18)20-13-28-11-14(2)25-15(3)22(28)26-20;1-15-12-27-13-17(8-20(27)11-24-15)21-9-16-4-5-18(10-22(16)29-23(21)28)26-7-6-19(14-26)25(2)3;1-15-13-27-14-17(12-23-22(27)24-15)19-10-16-4-5-18(11-20(16)29-21(19)28)26-7-3-6-25(2)8-9-26;1-14-11-25(8-7-23-14)18-5-3-16-9-19(22(27)28-20(16)10-18)17-4-6-21-24-15(2)12-26(21)13-17;1-15-13-26-14-17(4-6-21(26)24-15)19-11-16-3-5-18(12-20(16)28-22(19)27)25-9-2-7-23-8-10-25/h5-6,9-11,13,17,24H,4,7-8,12H2,1-3H3;4-5,8-13,19H,6-7,14H2,1-3H3;4-5,10-14H,3,6-9H2,1-2H3;3-6,9-10,12-14,23H,7-8,11H2,1-2H3;3-6,11-14,23H,2,7-10H2,1H3/t;19-;;14-;/m.0.0./s1. The number of anilines is 5. The maximum atomic E-state index is 12.8. The van der Waals surface area contributed by atoms with Gasteiger partial charge in [0.25, 0.3) is 0 Å². The van der Waals surface area contributed by atoms with Gasteiger partial charge in [-0.05, 0) is 230 Å². The highest BCUT2D eigenvalue weighted by Crippen LogP contribution is 2.35. The van der Waals surface area contributed by atoms with E-state index in [-0.39, 0.29) is 28.1 Å². The van der Waals surface area contributed by atoms with E-state index < -0.39 is 0 Å². The Balaban J connectivity index is 0.000000106. The average molecular weight is 1930 g/mol. The average Bonchev–Trinajstić information content (AvgIpc) is 1.50. The van der Waals surface area contributed by atoms with Gasteiger partial charge in [0.2, 0.25) is 5.78 Å². The molecule has 0 aliphatic carbocycles. The smallest absolute Gasteiger partial charge is 0.345 e. The van der Waals surface area contributed by atoms with Gasteiger partial charge >= 0.3 is 28.1 Å². The topological polar surface area (TPSA) is 322 Å². The molecule has 3 N–H and O–H groups in total. The van der Waals surface area contributed by atoms with Crippen molar-refractivity contribution in [2.24, 2.45) is 0 Å². The van der Waals surface area contributed by atoms with E-state index in [4.69, 9.17) is 22.1 Å². The maximum absolute atomic E-state index is 12.8. The zero-order valence-corrected chi connectivity index (χ0v) is 82.8. The highest BCUT2D eigenvalue weighted by molar-refractivity contribution is 5.90. The first-order valence-corrected chi connectivity index (χ1v) is 49.5. The lowest BCUT2D eigenvalue weighted by Gasteiger charge is -2.35. The molecule has 0 amide bonds. The predicted octanol–water partition coefficient (Wildman–Crippen LogP) is 16.2. The van der Waals surface area contributed by atoms with Gasteiger partial charge in [-0.25, -0.2) is 48.9 Å². The van der Waals surface area contributed by atoms with Crippen LogP contribution in [-0.2, 0) is 0 Å². The number of aryl methyl sites for hydroxylation is 6. The van der Waals surface area contributed by atoms with E-state index in [1.165, 1.54) is 0 Å². The molecule has 5 aromatic carbocycles. The Morgan fingerprint density at radius 2 is 0.826 bits per heavy atom. The minimum atomic E-state index is -0.378. The molecule has 5 aliphatic rings. The van der Waals surface area contributed by atoms with Crippen LogP contribution < -0.4 is 68.6 Å². The first-order chi connectivity index (χ1) is 69.8. The minimum absolute atomic E-state index is 0.317. The van der Waals surface area contributed by atoms with Gasteiger partial charge in [-0.2, -0.15) is 0 Å². The number of fused-ring (bicyclic) bond motifs is 10. The summed E-state index contributed by atoms with van der Waals surface area (Å²) in [7, 11) is 6.40. The molecule has 20 heterocycles. The fourth-order valence-electron chi connectivity index (χ4n) is 20.2. The molecule has 0 spiro atoms. The van der Waals surface area contributed by atoms with Crippen molar-refractivity contribution in [3.63, 3.8) is 0 Å². The van der Waals surface area contributed by atoms with Crippen LogP contribution in [0.2, 0.25) is 0 Å². The number of aromatic nitrogens is 12. The molecular formula is C112H116N22O10. The zero-order chi connectivity index (χ0) is 99.2. The van der Waals surface area contributed by atoms with Crippen molar-refractivity contribution in [1.29, 1.82) is 0 Å². The summed E-state index contributed by atoms with van der Waals surface area (Å²) in [6, 6.07) is 51.2. The molecule has 0 bridgehead atoms. The second-order valence-corrected chi connectivity index (χ2v) is 38.7. The number of imidazole rings is 4. The Morgan fingerprint density at radius 1 is 0.368 bits per heavy atom. The van der Waals surface area contributed by atoms with E-state index >= 15 is 0 Å².